The zero-order chi connectivity index (χ0) is 17.0. The molecular weight excluding hydrogens is 294 g/mol. The predicted molar refractivity (Wildman–Crippen MR) is 86.3 cm³/mol. The Morgan fingerprint density at radius 3 is 2.52 bits per heavy atom. The van der Waals surface area contributed by atoms with E-state index in [0.717, 1.165) is 22.4 Å². The molecule has 0 N–H and O–H groups in total. The topological polar surface area (TPSA) is 68.5 Å². The maximum Gasteiger partial charge on any atom is 0.260 e. The number of rotatable bonds is 6. The van der Waals surface area contributed by atoms with Gasteiger partial charge in [0.25, 0.3) is 5.91 Å². The summed E-state index contributed by atoms with van der Waals surface area (Å²) < 4.78 is 10.7. The van der Waals surface area contributed by atoms with Crippen LogP contribution in [-0.2, 0) is 11.3 Å². The molecule has 1 heterocycles. The number of likely N-dealkylation sites (N-methyl/N-ethyl adjacent to an activating group) is 1. The van der Waals surface area contributed by atoms with Gasteiger partial charge in [0.05, 0.1) is 6.54 Å². The zero-order valence-electron chi connectivity index (χ0n) is 14.3. The highest BCUT2D eigenvalue weighted by molar-refractivity contribution is 5.77. The third-order valence-electron chi connectivity index (χ3n) is 3.85. The van der Waals surface area contributed by atoms with Crippen LogP contribution in [0.2, 0.25) is 0 Å². The molecule has 6 nitrogen and oxygen atoms in total. The summed E-state index contributed by atoms with van der Waals surface area (Å²) in [5, 5.41) is 3.82. The van der Waals surface area contributed by atoms with Crippen molar-refractivity contribution in [2.24, 2.45) is 0 Å². The van der Waals surface area contributed by atoms with Crippen molar-refractivity contribution in [1.82, 2.24) is 15.0 Å². The van der Waals surface area contributed by atoms with Crippen molar-refractivity contribution in [3.63, 3.8) is 0 Å². The Kier molecular flexibility index (Phi) is 5.36. The Bertz CT molecular complexity index is 694. The lowest BCUT2D eigenvalue weighted by Gasteiger charge is -2.20. The van der Waals surface area contributed by atoms with Crippen molar-refractivity contribution in [2.75, 3.05) is 13.2 Å². The van der Waals surface area contributed by atoms with E-state index in [-0.39, 0.29) is 12.5 Å². The molecule has 0 spiro atoms. The number of ether oxygens (including phenoxy) is 1. The first-order valence-electron chi connectivity index (χ1n) is 7.69. The Morgan fingerprint density at radius 2 is 1.91 bits per heavy atom. The van der Waals surface area contributed by atoms with Gasteiger partial charge < -0.3 is 14.2 Å². The minimum absolute atomic E-state index is 0.00416. The first kappa shape index (κ1) is 17.0. The number of hydrogen-bond donors (Lipinski definition) is 0. The summed E-state index contributed by atoms with van der Waals surface area (Å²) in [4.78, 5) is 18.2. The number of benzene rings is 1. The standard InChI is InChI=1S/C17H23N3O3/c1-6-20(9-15-18-14(5)23-19-15)16(21)10-22-17-12(3)8-7-11(2)13(17)4/h7-8H,6,9-10H2,1-5H3. The molecule has 6 heteroatoms. The molecule has 2 rings (SSSR count). The second-order valence-corrected chi connectivity index (χ2v) is 5.58. The first-order chi connectivity index (χ1) is 10.9. The van der Waals surface area contributed by atoms with Gasteiger partial charge in [0.15, 0.2) is 12.4 Å². The van der Waals surface area contributed by atoms with Gasteiger partial charge in [0.2, 0.25) is 5.89 Å². The molecule has 0 unspecified atom stereocenters. The highest BCUT2D eigenvalue weighted by atomic mass is 16.5. The van der Waals surface area contributed by atoms with Gasteiger partial charge in [-0.05, 0) is 44.4 Å². The van der Waals surface area contributed by atoms with Gasteiger partial charge in [-0.3, -0.25) is 4.79 Å². The lowest BCUT2D eigenvalue weighted by molar-refractivity contribution is -0.133. The fourth-order valence-electron chi connectivity index (χ4n) is 2.33. The van der Waals surface area contributed by atoms with Crippen LogP contribution < -0.4 is 4.74 Å². The molecule has 1 aromatic heterocycles. The van der Waals surface area contributed by atoms with Crippen LogP contribution >= 0.6 is 0 Å². The van der Waals surface area contributed by atoms with E-state index < -0.39 is 0 Å². The molecule has 0 saturated carbocycles. The number of hydrogen-bond acceptors (Lipinski definition) is 5. The van der Waals surface area contributed by atoms with Crippen LogP contribution in [0.25, 0.3) is 0 Å². The summed E-state index contributed by atoms with van der Waals surface area (Å²) in [5.74, 6) is 1.67. The molecule has 0 fully saturated rings. The van der Waals surface area contributed by atoms with Crippen LogP contribution in [0.15, 0.2) is 16.7 Å². The van der Waals surface area contributed by atoms with E-state index in [9.17, 15) is 4.79 Å². The number of amides is 1. The van der Waals surface area contributed by atoms with E-state index in [2.05, 4.69) is 16.2 Å². The predicted octanol–water partition coefficient (Wildman–Crippen LogP) is 2.73. The van der Waals surface area contributed by atoms with Gasteiger partial charge in [-0.25, -0.2) is 0 Å². The molecule has 0 saturated heterocycles. The minimum Gasteiger partial charge on any atom is -0.483 e. The second kappa shape index (κ2) is 7.26. The molecule has 124 valence electrons. The fraction of sp³-hybridized carbons (Fsp3) is 0.471. The molecule has 0 bridgehead atoms. The molecule has 0 radical (unpaired) electrons. The van der Waals surface area contributed by atoms with Crippen molar-refractivity contribution in [2.45, 2.75) is 41.2 Å². The molecule has 0 aliphatic heterocycles. The average molecular weight is 317 g/mol. The molecule has 23 heavy (non-hydrogen) atoms. The van der Waals surface area contributed by atoms with Gasteiger partial charge in [-0.1, -0.05) is 17.3 Å². The van der Waals surface area contributed by atoms with Crippen molar-refractivity contribution in [3.05, 3.63) is 40.5 Å². The fourth-order valence-corrected chi connectivity index (χ4v) is 2.33. The van der Waals surface area contributed by atoms with Gasteiger partial charge >= 0.3 is 0 Å². The van der Waals surface area contributed by atoms with Crippen molar-refractivity contribution in [1.29, 1.82) is 0 Å². The van der Waals surface area contributed by atoms with Gasteiger partial charge in [0.1, 0.15) is 5.75 Å². The highest BCUT2D eigenvalue weighted by Gasteiger charge is 2.17. The highest BCUT2D eigenvalue weighted by Crippen LogP contribution is 2.25. The summed E-state index contributed by atoms with van der Waals surface area (Å²) in [6.45, 7) is 10.5. The summed E-state index contributed by atoms with van der Waals surface area (Å²) >= 11 is 0. The smallest absolute Gasteiger partial charge is 0.260 e. The van der Waals surface area contributed by atoms with E-state index in [1.165, 1.54) is 0 Å². The Labute approximate surface area is 136 Å². The van der Waals surface area contributed by atoms with Crippen LogP contribution in [0.3, 0.4) is 0 Å². The number of aryl methyl sites for hydroxylation is 3. The lowest BCUT2D eigenvalue weighted by atomic mass is 10.1. The van der Waals surface area contributed by atoms with Crippen molar-refractivity contribution >= 4 is 5.91 Å². The lowest BCUT2D eigenvalue weighted by Crippen LogP contribution is -2.34. The molecule has 0 aliphatic carbocycles. The quantitative estimate of drug-likeness (QED) is 0.819. The summed E-state index contributed by atoms with van der Waals surface area (Å²) in [6.07, 6.45) is 0. The minimum atomic E-state index is -0.102. The number of nitrogens with zero attached hydrogens (tertiary/aromatic N) is 3. The van der Waals surface area contributed by atoms with Crippen LogP contribution in [0.4, 0.5) is 0 Å². The molecule has 1 amide bonds. The van der Waals surface area contributed by atoms with Gasteiger partial charge in [-0.15, -0.1) is 0 Å². The average Bonchev–Trinajstić information content (AvgIpc) is 2.93. The molecule has 0 atom stereocenters. The van der Waals surface area contributed by atoms with E-state index in [4.69, 9.17) is 9.26 Å². The summed E-state index contributed by atoms with van der Waals surface area (Å²) in [7, 11) is 0. The summed E-state index contributed by atoms with van der Waals surface area (Å²) in [5.41, 5.74) is 3.24. The maximum absolute atomic E-state index is 12.4. The number of carbonyl (C=O) groups is 1. The Balaban J connectivity index is 2.01. The number of carbonyl (C=O) groups excluding carboxylic acids is 1. The van der Waals surface area contributed by atoms with Crippen LogP contribution in [-0.4, -0.2) is 34.1 Å². The van der Waals surface area contributed by atoms with E-state index >= 15 is 0 Å². The van der Waals surface area contributed by atoms with Crippen molar-refractivity contribution in [3.8, 4) is 5.75 Å². The van der Waals surface area contributed by atoms with Gasteiger partial charge in [-0.2, -0.15) is 4.98 Å². The third kappa shape index (κ3) is 4.09. The Morgan fingerprint density at radius 1 is 1.22 bits per heavy atom. The SMILES string of the molecule is CCN(Cc1noc(C)n1)C(=O)COc1c(C)ccc(C)c1C. The monoisotopic (exact) mass is 317 g/mol. The number of aromatic nitrogens is 2. The van der Waals surface area contributed by atoms with Crippen LogP contribution in [0, 0.1) is 27.7 Å². The Hall–Kier alpha value is -2.37. The molecule has 0 aliphatic rings. The van der Waals surface area contributed by atoms with E-state index in [1.54, 1.807) is 11.8 Å². The molecular formula is C17H23N3O3. The maximum atomic E-state index is 12.4. The molecule has 1 aromatic carbocycles. The van der Waals surface area contributed by atoms with Crippen LogP contribution in [0.5, 0.6) is 5.75 Å². The normalized spacial score (nSPS) is 10.7. The van der Waals surface area contributed by atoms with Gasteiger partial charge in [0, 0.05) is 13.5 Å². The largest absolute Gasteiger partial charge is 0.483 e. The van der Waals surface area contributed by atoms with Crippen molar-refractivity contribution < 1.29 is 14.1 Å². The zero-order valence-corrected chi connectivity index (χ0v) is 14.3. The first-order valence-corrected chi connectivity index (χ1v) is 7.69. The summed E-state index contributed by atoms with van der Waals surface area (Å²) in [6, 6.07) is 4.05. The van der Waals surface area contributed by atoms with Crippen LogP contribution in [0.1, 0.15) is 35.3 Å². The molecule has 2 aromatic rings. The van der Waals surface area contributed by atoms with E-state index in [0.29, 0.717) is 24.8 Å². The van der Waals surface area contributed by atoms with E-state index in [1.807, 2.05) is 33.8 Å². The second-order valence-electron chi connectivity index (χ2n) is 5.58. The third-order valence-corrected chi connectivity index (χ3v) is 3.85.